The van der Waals surface area contributed by atoms with Gasteiger partial charge in [-0.1, -0.05) is 30.3 Å². The summed E-state index contributed by atoms with van der Waals surface area (Å²) >= 11 is 0. The molecule has 3 aliphatic rings. The van der Waals surface area contributed by atoms with E-state index in [0.29, 0.717) is 6.04 Å². The SMILES string of the molecule is CC1OC2(CCN(CCc3ccccc3)CC2)CN(C2CC2)C1=O. The number of carbonyl (C=O) groups is 1. The lowest BCUT2D eigenvalue weighted by atomic mass is 9.88. The molecule has 0 aromatic heterocycles. The van der Waals surface area contributed by atoms with E-state index in [0.717, 1.165) is 45.4 Å². The molecule has 1 aromatic carbocycles. The summed E-state index contributed by atoms with van der Waals surface area (Å²) < 4.78 is 6.23. The molecule has 2 saturated heterocycles. The van der Waals surface area contributed by atoms with E-state index >= 15 is 0 Å². The van der Waals surface area contributed by atoms with Crippen molar-refractivity contribution in [1.82, 2.24) is 9.80 Å². The fourth-order valence-electron chi connectivity index (χ4n) is 4.17. The molecule has 1 spiro atoms. The number of piperidine rings is 1. The van der Waals surface area contributed by atoms with Crippen molar-refractivity contribution in [2.45, 2.75) is 56.8 Å². The molecule has 1 aliphatic carbocycles. The van der Waals surface area contributed by atoms with Gasteiger partial charge in [-0.3, -0.25) is 4.79 Å². The highest BCUT2D eigenvalue weighted by atomic mass is 16.5. The van der Waals surface area contributed by atoms with Crippen molar-refractivity contribution in [3.63, 3.8) is 0 Å². The van der Waals surface area contributed by atoms with Crippen LogP contribution in [0.15, 0.2) is 30.3 Å². The second kappa shape index (κ2) is 6.49. The van der Waals surface area contributed by atoms with Crippen molar-refractivity contribution in [3.8, 4) is 0 Å². The molecule has 2 heterocycles. The first kappa shape index (κ1) is 16.1. The molecule has 0 N–H and O–H groups in total. The molecule has 1 aromatic rings. The van der Waals surface area contributed by atoms with Gasteiger partial charge in [0.05, 0.1) is 12.1 Å². The number of amides is 1. The highest BCUT2D eigenvalue weighted by Gasteiger charge is 2.48. The van der Waals surface area contributed by atoms with Gasteiger partial charge in [0.1, 0.15) is 6.10 Å². The zero-order valence-corrected chi connectivity index (χ0v) is 14.6. The number of benzene rings is 1. The van der Waals surface area contributed by atoms with Crippen molar-refractivity contribution in [3.05, 3.63) is 35.9 Å². The Balaban J connectivity index is 1.32. The lowest BCUT2D eigenvalue weighted by Gasteiger charge is -2.49. The van der Waals surface area contributed by atoms with E-state index in [1.807, 2.05) is 6.92 Å². The molecule has 1 saturated carbocycles. The number of morpholine rings is 1. The summed E-state index contributed by atoms with van der Waals surface area (Å²) in [6.07, 6.45) is 5.29. The standard InChI is InChI=1S/C20H28N2O2/c1-16-19(23)22(18-7-8-18)15-20(24-16)10-13-21(14-11-20)12-9-17-5-3-2-4-6-17/h2-6,16,18H,7-15H2,1H3. The zero-order valence-electron chi connectivity index (χ0n) is 14.6. The molecule has 4 heteroatoms. The summed E-state index contributed by atoms with van der Waals surface area (Å²) in [5, 5.41) is 0. The van der Waals surface area contributed by atoms with Crippen molar-refractivity contribution in [1.29, 1.82) is 0 Å². The Labute approximate surface area is 144 Å². The third-order valence-electron chi connectivity index (χ3n) is 5.83. The second-order valence-electron chi connectivity index (χ2n) is 7.72. The Bertz CT molecular complexity index is 577. The first-order valence-corrected chi connectivity index (χ1v) is 9.40. The Morgan fingerprint density at radius 2 is 1.88 bits per heavy atom. The summed E-state index contributed by atoms with van der Waals surface area (Å²) in [5.41, 5.74) is 1.31. The van der Waals surface area contributed by atoms with E-state index in [1.165, 1.54) is 18.4 Å². The lowest BCUT2D eigenvalue weighted by Crippen LogP contribution is -2.61. The molecule has 2 aliphatic heterocycles. The fraction of sp³-hybridized carbons (Fsp3) is 0.650. The van der Waals surface area contributed by atoms with Gasteiger partial charge >= 0.3 is 0 Å². The molecule has 0 radical (unpaired) electrons. The maximum absolute atomic E-state index is 12.3. The predicted octanol–water partition coefficient (Wildman–Crippen LogP) is 2.47. The highest BCUT2D eigenvalue weighted by Crippen LogP contribution is 2.38. The van der Waals surface area contributed by atoms with E-state index < -0.39 is 0 Å². The van der Waals surface area contributed by atoms with Gasteiger partial charge in [-0.2, -0.15) is 0 Å². The summed E-state index contributed by atoms with van der Waals surface area (Å²) in [6.45, 7) is 6.01. The molecular formula is C20H28N2O2. The predicted molar refractivity (Wildman–Crippen MR) is 93.8 cm³/mol. The van der Waals surface area contributed by atoms with Crippen LogP contribution in [0.2, 0.25) is 0 Å². The van der Waals surface area contributed by atoms with Crippen LogP contribution in [0.4, 0.5) is 0 Å². The molecule has 4 rings (SSSR count). The first-order chi connectivity index (χ1) is 11.7. The number of hydrogen-bond donors (Lipinski definition) is 0. The highest BCUT2D eigenvalue weighted by molar-refractivity contribution is 5.82. The van der Waals surface area contributed by atoms with Crippen molar-refractivity contribution < 1.29 is 9.53 Å². The molecule has 1 atom stereocenters. The molecule has 24 heavy (non-hydrogen) atoms. The topological polar surface area (TPSA) is 32.8 Å². The minimum atomic E-state index is -0.268. The zero-order chi connectivity index (χ0) is 16.6. The number of ether oxygens (including phenoxy) is 1. The fourth-order valence-corrected chi connectivity index (χ4v) is 4.17. The monoisotopic (exact) mass is 328 g/mol. The van der Waals surface area contributed by atoms with Crippen molar-refractivity contribution >= 4 is 5.91 Å². The average molecular weight is 328 g/mol. The molecule has 1 amide bonds. The molecule has 0 bridgehead atoms. The molecule has 1 unspecified atom stereocenters. The smallest absolute Gasteiger partial charge is 0.251 e. The van der Waals surface area contributed by atoms with Crippen LogP contribution in [0.3, 0.4) is 0 Å². The number of likely N-dealkylation sites (tertiary alicyclic amines) is 1. The van der Waals surface area contributed by atoms with E-state index in [2.05, 4.69) is 40.1 Å². The minimum absolute atomic E-state index is 0.0981. The number of hydrogen-bond acceptors (Lipinski definition) is 3. The van der Waals surface area contributed by atoms with Crippen LogP contribution in [0, 0.1) is 0 Å². The minimum Gasteiger partial charge on any atom is -0.360 e. The first-order valence-electron chi connectivity index (χ1n) is 9.40. The van der Waals surface area contributed by atoms with Crippen LogP contribution < -0.4 is 0 Å². The molecule has 130 valence electrons. The van der Waals surface area contributed by atoms with Crippen LogP contribution in [-0.4, -0.2) is 59.6 Å². The van der Waals surface area contributed by atoms with Gasteiger partial charge in [-0.15, -0.1) is 0 Å². The average Bonchev–Trinajstić information content (AvgIpc) is 3.44. The Kier molecular flexibility index (Phi) is 4.35. The van der Waals surface area contributed by atoms with E-state index in [4.69, 9.17) is 4.74 Å². The summed E-state index contributed by atoms with van der Waals surface area (Å²) in [6, 6.07) is 11.2. The van der Waals surface area contributed by atoms with Gasteiger partial charge in [0.15, 0.2) is 0 Å². The largest absolute Gasteiger partial charge is 0.360 e. The van der Waals surface area contributed by atoms with Gasteiger partial charge in [0, 0.05) is 25.7 Å². The van der Waals surface area contributed by atoms with Gasteiger partial charge < -0.3 is 14.5 Å². The van der Waals surface area contributed by atoms with E-state index in [-0.39, 0.29) is 17.6 Å². The quantitative estimate of drug-likeness (QED) is 0.851. The van der Waals surface area contributed by atoms with Crippen LogP contribution in [-0.2, 0) is 16.0 Å². The van der Waals surface area contributed by atoms with Crippen LogP contribution in [0.25, 0.3) is 0 Å². The summed E-state index contributed by atoms with van der Waals surface area (Å²) in [5.74, 6) is 0.203. The molecule has 3 fully saturated rings. The number of rotatable bonds is 4. The van der Waals surface area contributed by atoms with Gasteiger partial charge in [0.25, 0.3) is 5.91 Å². The number of nitrogens with zero attached hydrogens (tertiary/aromatic N) is 2. The van der Waals surface area contributed by atoms with Crippen LogP contribution >= 0.6 is 0 Å². The van der Waals surface area contributed by atoms with Gasteiger partial charge in [-0.05, 0) is 44.6 Å². The Morgan fingerprint density at radius 3 is 2.54 bits per heavy atom. The molecular weight excluding hydrogens is 300 g/mol. The van der Waals surface area contributed by atoms with E-state index in [1.54, 1.807) is 0 Å². The van der Waals surface area contributed by atoms with Crippen molar-refractivity contribution in [2.75, 3.05) is 26.2 Å². The summed E-state index contributed by atoms with van der Waals surface area (Å²) in [7, 11) is 0. The maximum atomic E-state index is 12.3. The Hall–Kier alpha value is -1.39. The van der Waals surface area contributed by atoms with Gasteiger partial charge in [0.2, 0.25) is 0 Å². The van der Waals surface area contributed by atoms with Gasteiger partial charge in [-0.25, -0.2) is 0 Å². The third kappa shape index (κ3) is 3.35. The van der Waals surface area contributed by atoms with Crippen LogP contribution in [0.5, 0.6) is 0 Å². The maximum Gasteiger partial charge on any atom is 0.251 e. The molecule has 4 nitrogen and oxygen atoms in total. The third-order valence-corrected chi connectivity index (χ3v) is 5.83. The Morgan fingerprint density at radius 1 is 1.17 bits per heavy atom. The lowest BCUT2D eigenvalue weighted by molar-refractivity contribution is -0.190. The van der Waals surface area contributed by atoms with Crippen LogP contribution in [0.1, 0.15) is 38.2 Å². The second-order valence-corrected chi connectivity index (χ2v) is 7.72. The van der Waals surface area contributed by atoms with E-state index in [9.17, 15) is 4.79 Å². The van der Waals surface area contributed by atoms with Crippen molar-refractivity contribution in [2.24, 2.45) is 0 Å². The normalized spacial score (nSPS) is 27.6. The number of carbonyl (C=O) groups excluding carboxylic acids is 1. The summed E-state index contributed by atoms with van der Waals surface area (Å²) in [4.78, 5) is 17.0.